The topological polar surface area (TPSA) is 105 Å². The first-order valence-electron chi connectivity index (χ1n) is 12.5. The lowest BCUT2D eigenvalue weighted by Gasteiger charge is -2.31. The van der Waals surface area contributed by atoms with E-state index in [1.165, 1.54) is 0 Å². The van der Waals surface area contributed by atoms with Gasteiger partial charge < -0.3 is 20.5 Å². The largest absolute Gasteiger partial charge is 0.481 e. The van der Waals surface area contributed by atoms with Crippen molar-refractivity contribution in [1.29, 1.82) is 0 Å². The van der Waals surface area contributed by atoms with Gasteiger partial charge in [0.05, 0.1) is 5.92 Å². The molecule has 1 saturated carbocycles. The predicted molar refractivity (Wildman–Crippen MR) is 133 cm³/mol. The van der Waals surface area contributed by atoms with E-state index in [-0.39, 0.29) is 24.3 Å². The molecule has 7 heteroatoms. The number of benzene rings is 2. The molecule has 0 radical (unpaired) electrons. The molecule has 1 unspecified atom stereocenters. The minimum absolute atomic E-state index is 0.0657. The van der Waals surface area contributed by atoms with E-state index in [0.29, 0.717) is 19.3 Å². The van der Waals surface area contributed by atoms with Gasteiger partial charge in [-0.3, -0.25) is 9.59 Å². The summed E-state index contributed by atoms with van der Waals surface area (Å²) < 4.78 is 5.63. The number of ether oxygens (including phenoxy) is 1. The van der Waals surface area contributed by atoms with Gasteiger partial charge in [0, 0.05) is 12.0 Å². The molecule has 4 rings (SSSR count). The zero-order valence-corrected chi connectivity index (χ0v) is 20.3. The van der Waals surface area contributed by atoms with E-state index < -0.39 is 30.1 Å². The Hall–Kier alpha value is -3.35. The highest BCUT2D eigenvalue weighted by molar-refractivity contribution is 5.86. The molecule has 2 amide bonds. The molecule has 1 fully saturated rings. The Bertz CT molecular complexity index is 1040. The number of hydrogen-bond donors (Lipinski definition) is 3. The molecule has 0 saturated heterocycles. The van der Waals surface area contributed by atoms with Crippen LogP contribution in [0.2, 0.25) is 0 Å². The number of alkyl carbamates (subject to hydrolysis) is 1. The number of hydrogen-bond acceptors (Lipinski definition) is 4. The van der Waals surface area contributed by atoms with Crippen molar-refractivity contribution in [1.82, 2.24) is 10.6 Å². The highest BCUT2D eigenvalue weighted by Gasteiger charge is 2.34. The monoisotopic (exact) mass is 478 g/mol. The van der Waals surface area contributed by atoms with Crippen LogP contribution >= 0.6 is 0 Å². The lowest BCUT2D eigenvalue weighted by Crippen LogP contribution is -2.53. The average Bonchev–Trinajstić information content (AvgIpc) is 3.16. The quantitative estimate of drug-likeness (QED) is 0.510. The highest BCUT2D eigenvalue weighted by Crippen LogP contribution is 2.44. The number of amides is 2. The Morgan fingerprint density at radius 2 is 1.57 bits per heavy atom. The van der Waals surface area contributed by atoms with Gasteiger partial charge in [0.25, 0.3) is 0 Å². The minimum atomic E-state index is -0.889. The summed E-state index contributed by atoms with van der Waals surface area (Å²) in [5.74, 6) is -1.75. The van der Waals surface area contributed by atoms with Crippen LogP contribution in [0.25, 0.3) is 11.1 Å². The molecule has 0 aromatic heterocycles. The SMILES string of the molecule is CC(C)CC(NC(=O)OCC1c2ccccc2-c2ccccc21)C(=O)N[C@H]1CCCC[C@H]1C(=O)O. The third-order valence-electron chi connectivity index (χ3n) is 7.07. The molecular weight excluding hydrogens is 444 g/mol. The molecule has 3 N–H and O–H groups in total. The van der Waals surface area contributed by atoms with Crippen molar-refractivity contribution < 1.29 is 24.2 Å². The van der Waals surface area contributed by atoms with Gasteiger partial charge in [-0.1, -0.05) is 75.2 Å². The predicted octanol–water partition coefficient (Wildman–Crippen LogP) is 4.70. The third-order valence-corrected chi connectivity index (χ3v) is 7.07. The van der Waals surface area contributed by atoms with Crippen LogP contribution in [0.4, 0.5) is 4.79 Å². The van der Waals surface area contributed by atoms with Crippen molar-refractivity contribution in [2.75, 3.05) is 6.61 Å². The summed E-state index contributed by atoms with van der Waals surface area (Å²) in [6.45, 7) is 4.11. The fourth-order valence-corrected chi connectivity index (χ4v) is 5.37. The maximum absolute atomic E-state index is 13.1. The Morgan fingerprint density at radius 1 is 0.971 bits per heavy atom. The van der Waals surface area contributed by atoms with Gasteiger partial charge in [-0.2, -0.15) is 0 Å². The number of carbonyl (C=O) groups excluding carboxylic acids is 2. The molecule has 0 spiro atoms. The van der Waals surface area contributed by atoms with Gasteiger partial charge in [-0.15, -0.1) is 0 Å². The Balaban J connectivity index is 1.40. The van der Waals surface area contributed by atoms with E-state index in [9.17, 15) is 19.5 Å². The van der Waals surface area contributed by atoms with Gasteiger partial charge in [-0.05, 0) is 47.4 Å². The molecular formula is C28H34N2O5. The zero-order valence-electron chi connectivity index (χ0n) is 20.3. The molecule has 35 heavy (non-hydrogen) atoms. The second-order valence-electron chi connectivity index (χ2n) is 10.00. The molecule has 7 nitrogen and oxygen atoms in total. The summed E-state index contributed by atoms with van der Waals surface area (Å²) in [4.78, 5) is 37.5. The van der Waals surface area contributed by atoms with Gasteiger partial charge in [0.2, 0.25) is 5.91 Å². The molecule has 2 aromatic carbocycles. The number of carbonyl (C=O) groups is 3. The van der Waals surface area contributed by atoms with Crippen molar-refractivity contribution in [3.8, 4) is 11.1 Å². The van der Waals surface area contributed by atoms with E-state index in [1.54, 1.807) is 0 Å². The lowest BCUT2D eigenvalue weighted by atomic mass is 9.84. The lowest BCUT2D eigenvalue weighted by molar-refractivity contribution is -0.144. The maximum Gasteiger partial charge on any atom is 0.407 e. The average molecular weight is 479 g/mol. The van der Waals surface area contributed by atoms with Gasteiger partial charge >= 0.3 is 12.1 Å². The van der Waals surface area contributed by atoms with Crippen molar-refractivity contribution in [2.24, 2.45) is 11.8 Å². The summed E-state index contributed by atoms with van der Waals surface area (Å²) in [5, 5.41) is 15.2. The number of fused-ring (bicyclic) bond motifs is 3. The van der Waals surface area contributed by atoms with Crippen molar-refractivity contribution in [3.63, 3.8) is 0 Å². The molecule has 2 aromatic rings. The molecule has 2 aliphatic rings. The van der Waals surface area contributed by atoms with Crippen LogP contribution in [-0.4, -0.2) is 41.8 Å². The third kappa shape index (κ3) is 5.66. The van der Waals surface area contributed by atoms with Gasteiger partial charge in [0.15, 0.2) is 0 Å². The summed E-state index contributed by atoms with van der Waals surface area (Å²) in [5.41, 5.74) is 4.54. The molecule has 0 bridgehead atoms. The number of carboxylic acid groups (broad SMARTS) is 1. The van der Waals surface area contributed by atoms with Crippen LogP contribution in [0.1, 0.15) is 63.0 Å². The molecule has 186 valence electrons. The number of nitrogens with one attached hydrogen (secondary N) is 2. The minimum Gasteiger partial charge on any atom is -0.481 e. The van der Waals surface area contributed by atoms with Crippen LogP contribution < -0.4 is 10.6 Å². The number of rotatable bonds is 8. The fourth-order valence-electron chi connectivity index (χ4n) is 5.37. The number of aliphatic carboxylic acids is 1. The maximum atomic E-state index is 13.1. The Labute approximate surface area is 206 Å². The van der Waals surface area contributed by atoms with E-state index in [2.05, 4.69) is 34.9 Å². The normalized spacial score (nSPS) is 20.0. The van der Waals surface area contributed by atoms with Gasteiger partial charge in [0.1, 0.15) is 12.6 Å². The van der Waals surface area contributed by atoms with Crippen molar-refractivity contribution in [3.05, 3.63) is 59.7 Å². The summed E-state index contributed by atoms with van der Waals surface area (Å²) in [6, 6.07) is 15.0. The smallest absolute Gasteiger partial charge is 0.407 e. The Kier molecular flexibility index (Phi) is 7.73. The summed E-state index contributed by atoms with van der Waals surface area (Å²) in [7, 11) is 0. The standard InChI is InChI=1S/C28H34N2O5/c1-17(2)15-25(26(31)29-24-14-8-7-13-22(24)27(32)33)30-28(34)35-16-23-20-11-5-3-9-18(20)19-10-4-6-12-21(19)23/h3-6,9-12,17,22-25H,7-8,13-16H2,1-2H3,(H,29,31)(H,30,34)(H,32,33)/t22-,24+,25?/m1/s1. The van der Waals surface area contributed by atoms with Crippen molar-refractivity contribution >= 4 is 18.0 Å². The first-order chi connectivity index (χ1) is 16.8. The second kappa shape index (κ2) is 10.9. The van der Waals surface area contributed by atoms with Crippen molar-refractivity contribution in [2.45, 2.75) is 64.0 Å². The van der Waals surface area contributed by atoms with E-state index in [1.807, 2.05) is 38.1 Å². The van der Waals surface area contributed by atoms with Crippen LogP contribution in [0.5, 0.6) is 0 Å². The zero-order chi connectivity index (χ0) is 24.9. The van der Waals surface area contributed by atoms with Gasteiger partial charge in [-0.25, -0.2) is 4.79 Å². The van der Waals surface area contributed by atoms with E-state index >= 15 is 0 Å². The van der Waals surface area contributed by atoms with Crippen LogP contribution in [0.15, 0.2) is 48.5 Å². The second-order valence-corrected chi connectivity index (χ2v) is 10.00. The van der Waals surface area contributed by atoms with E-state index in [0.717, 1.165) is 35.1 Å². The number of carboxylic acids is 1. The fraction of sp³-hybridized carbons (Fsp3) is 0.464. The molecule has 2 aliphatic carbocycles. The molecule has 0 heterocycles. The Morgan fingerprint density at radius 3 is 2.17 bits per heavy atom. The first kappa shape index (κ1) is 24.8. The van der Waals surface area contributed by atoms with Crippen LogP contribution in [0, 0.1) is 11.8 Å². The van der Waals surface area contributed by atoms with Crippen LogP contribution in [-0.2, 0) is 14.3 Å². The van der Waals surface area contributed by atoms with E-state index in [4.69, 9.17) is 4.74 Å². The first-order valence-corrected chi connectivity index (χ1v) is 12.5. The van der Waals surface area contributed by atoms with Crippen LogP contribution in [0.3, 0.4) is 0 Å². The summed E-state index contributed by atoms with van der Waals surface area (Å²) in [6.07, 6.45) is 2.68. The molecule has 3 atom stereocenters. The molecule has 0 aliphatic heterocycles. The highest BCUT2D eigenvalue weighted by atomic mass is 16.5. The summed E-state index contributed by atoms with van der Waals surface area (Å²) >= 11 is 0.